The molecular weight excluding hydrogens is 343 g/mol. The predicted molar refractivity (Wildman–Crippen MR) is 104 cm³/mol. The fraction of sp³-hybridized carbons (Fsp3) is 0.429. The molecule has 1 fully saturated rings. The third-order valence-corrected chi connectivity index (χ3v) is 4.93. The lowest BCUT2D eigenvalue weighted by Crippen LogP contribution is -2.50. The van der Waals surface area contributed by atoms with Gasteiger partial charge in [-0.15, -0.1) is 0 Å². The van der Waals surface area contributed by atoms with Crippen molar-refractivity contribution in [3.8, 4) is 0 Å². The first kappa shape index (κ1) is 19.3. The topological polar surface area (TPSA) is 48.5 Å². The first-order valence-corrected chi connectivity index (χ1v) is 9.48. The molecule has 2 amide bonds. The van der Waals surface area contributed by atoms with Crippen LogP contribution in [0.5, 0.6) is 0 Å². The monoisotopic (exact) mass is 370 g/mol. The number of amides is 2. The van der Waals surface area contributed by atoms with Gasteiger partial charge in [0.1, 0.15) is 5.82 Å². The average Bonchev–Trinajstić information content (AvgIpc) is 2.69. The number of rotatable bonds is 6. The Morgan fingerprint density at radius 2 is 2.11 bits per heavy atom. The van der Waals surface area contributed by atoms with Gasteiger partial charge >= 0.3 is 6.03 Å². The molecule has 0 aliphatic carbocycles. The number of urea groups is 1. The number of nitrogens with zero attached hydrogens (tertiary/aromatic N) is 3. The molecule has 1 aromatic heterocycles. The minimum absolute atomic E-state index is 0.0421. The molecule has 0 spiro atoms. The van der Waals surface area contributed by atoms with Crippen molar-refractivity contribution in [3.63, 3.8) is 0 Å². The Bertz CT molecular complexity index is 723. The first-order valence-electron chi connectivity index (χ1n) is 9.48. The van der Waals surface area contributed by atoms with E-state index < -0.39 is 0 Å². The second kappa shape index (κ2) is 9.46. The molecule has 1 atom stereocenters. The number of benzene rings is 1. The number of aromatic nitrogens is 1. The Kier molecular flexibility index (Phi) is 6.76. The summed E-state index contributed by atoms with van der Waals surface area (Å²) < 4.78 is 13.0. The van der Waals surface area contributed by atoms with E-state index in [1.54, 1.807) is 11.1 Å². The van der Waals surface area contributed by atoms with Crippen molar-refractivity contribution in [2.24, 2.45) is 0 Å². The lowest BCUT2D eigenvalue weighted by atomic mass is 10.0. The Balaban J connectivity index is 1.44. The molecule has 1 unspecified atom stereocenters. The summed E-state index contributed by atoms with van der Waals surface area (Å²) in [5.41, 5.74) is 2.08. The summed E-state index contributed by atoms with van der Waals surface area (Å²) >= 11 is 0. The van der Waals surface area contributed by atoms with Gasteiger partial charge in [0.25, 0.3) is 0 Å². The van der Waals surface area contributed by atoms with Gasteiger partial charge in [0.2, 0.25) is 0 Å². The van der Waals surface area contributed by atoms with Crippen LogP contribution < -0.4 is 5.32 Å². The van der Waals surface area contributed by atoms with Crippen LogP contribution in [-0.2, 0) is 13.0 Å². The molecule has 6 heteroatoms. The number of pyridine rings is 1. The lowest BCUT2D eigenvalue weighted by Gasteiger charge is -2.34. The predicted octanol–water partition coefficient (Wildman–Crippen LogP) is 3.07. The number of carbonyl (C=O) groups excluding carboxylic acids is 1. The van der Waals surface area contributed by atoms with Gasteiger partial charge in [-0.3, -0.25) is 9.88 Å². The Morgan fingerprint density at radius 1 is 1.30 bits per heavy atom. The summed E-state index contributed by atoms with van der Waals surface area (Å²) in [5.74, 6) is -0.212. The second-order valence-corrected chi connectivity index (χ2v) is 7.14. The molecule has 0 radical (unpaired) electrons. The first-order chi connectivity index (χ1) is 13.1. The molecule has 3 rings (SSSR count). The maximum atomic E-state index is 13.0. The summed E-state index contributed by atoms with van der Waals surface area (Å²) in [6, 6.07) is 12.6. The van der Waals surface area contributed by atoms with Gasteiger partial charge in [-0.25, -0.2) is 9.18 Å². The molecule has 0 saturated carbocycles. The Hall–Kier alpha value is -2.47. The number of nitrogens with one attached hydrogen (secondary N) is 1. The molecule has 1 saturated heterocycles. The maximum absolute atomic E-state index is 13.0. The molecule has 0 bridgehead atoms. The van der Waals surface area contributed by atoms with Gasteiger partial charge in [0.05, 0.1) is 0 Å². The van der Waals surface area contributed by atoms with E-state index in [9.17, 15) is 9.18 Å². The van der Waals surface area contributed by atoms with E-state index >= 15 is 0 Å². The SMILES string of the molecule is CN(CCc1ccccn1)C(=O)NC1CCCN(Cc2ccc(F)cc2)C1. The van der Waals surface area contributed by atoms with E-state index in [4.69, 9.17) is 0 Å². The van der Waals surface area contributed by atoms with Crippen LogP contribution in [0.3, 0.4) is 0 Å². The zero-order valence-corrected chi connectivity index (χ0v) is 15.8. The minimum atomic E-state index is -0.212. The van der Waals surface area contributed by atoms with Crippen LogP contribution in [0.15, 0.2) is 48.7 Å². The Morgan fingerprint density at radius 3 is 2.85 bits per heavy atom. The van der Waals surface area contributed by atoms with Gasteiger partial charge < -0.3 is 10.2 Å². The normalized spacial score (nSPS) is 17.5. The van der Waals surface area contributed by atoms with Crippen molar-refractivity contribution in [3.05, 3.63) is 65.7 Å². The standard InChI is InChI=1S/C21H27FN4O/c1-25(14-11-19-5-2-3-12-23-19)21(27)24-20-6-4-13-26(16-20)15-17-7-9-18(22)10-8-17/h2-3,5,7-10,12,20H,4,6,11,13-16H2,1H3,(H,24,27). The maximum Gasteiger partial charge on any atom is 0.317 e. The van der Waals surface area contributed by atoms with Crippen molar-refractivity contribution in [2.45, 2.75) is 31.8 Å². The number of hydrogen-bond donors (Lipinski definition) is 1. The second-order valence-electron chi connectivity index (χ2n) is 7.14. The van der Waals surface area contributed by atoms with Crippen LogP contribution in [0.25, 0.3) is 0 Å². The van der Waals surface area contributed by atoms with E-state index in [-0.39, 0.29) is 17.9 Å². The summed E-state index contributed by atoms with van der Waals surface area (Å²) in [4.78, 5) is 20.8. The van der Waals surface area contributed by atoms with Crippen molar-refractivity contribution < 1.29 is 9.18 Å². The van der Waals surface area contributed by atoms with Crippen LogP contribution in [0.1, 0.15) is 24.1 Å². The van der Waals surface area contributed by atoms with Crippen LogP contribution in [0.4, 0.5) is 9.18 Å². The zero-order valence-electron chi connectivity index (χ0n) is 15.8. The van der Waals surface area contributed by atoms with Crippen molar-refractivity contribution in [1.29, 1.82) is 0 Å². The minimum Gasteiger partial charge on any atom is -0.334 e. The van der Waals surface area contributed by atoms with Gasteiger partial charge in [-0.2, -0.15) is 0 Å². The van der Waals surface area contributed by atoms with Crippen molar-refractivity contribution >= 4 is 6.03 Å². The van der Waals surface area contributed by atoms with Gasteiger partial charge in [-0.05, 0) is 49.2 Å². The highest BCUT2D eigenvalue weighted by Crippen LogP contribution is 2.14. The number of halogens is 1. The molecule has 1 aliphatic heterocycles. The third kappa shape index (κ3) is 6.03. The fourth-order valence-electron chi connectivity index (χ4n) is 3.38. The average molecular weight is 370 g/mol. The third-order valence-electron chi connectivity index (χ3n) is 4.93. The van der Waals surface area contributed by atoms with E-state index in [2.05, 4.69) is 15.2 Å². The summed E-state index contributed by atoms with van der Waals surface area (Å²) in [7, 11) is 1.82. The summed E-state index contributed by atoms with van der Waals surface area (Å²) in [6.07, 6.45) is 4.54. The highest BCUT2D eigenvalue weighted by Gasteiger charge is 2.22. The summed E-state index contributed by atoms with van der Waals surface area (Å²) in [6.45, 7) is 3.23. The van der Waals surface area contributed by atoms with Crippen molar-refractivity contribution in [2.75, 3.05) is 26.7 Å². The van der Waals surface area contributed by atoms with Crippen LogP contribution in [0.2, 0.25) is 0 Å². The lowest BCUT2D eigenvalue weighted by molar-refractivity contribution is 0.168. The molecule has 5 nitrogen and oxygen atoms in total. The zero-order chi connectivity index (χ0) is 19.1. The fourth-order valence-corrected chi connectivity index (χ4v) is 3.38. The highest BCUT2D eigenvalue weighted by atomic mass is 19.1. The van der Waals surface area contributed by atoms with Gasteiger partial charge in [0, 0.05) is 51.0 Å². The van der Waals surface area contributed by atoms with Crippen LogP contribution >= 0.6 is 0 Å². The molecule has 2 aromatic rings. The van der Waals surface area contributed by atoms with Crippen molar-refractivity contribution in [1.82, 2.24) is 20.1 Å². The van der Waals surface area contributed by atoms with Crippen LogP contribution in [0, 0.1) is 5.82 Å². The number of carbonyl (C=O) groups is 1. The molecule has 1 aliphatic rings. The Labute approximate surface area is 160 Å². The van der Waals surface area contributed by atoms with E-state index in [0.29, 0.717) is 6.54 Å². The van der Waals surface area contributed by atoms with Gasteiger partial charge in [-0.1, -0.05) is 18.2 Å². The highest BCUT2D eigenvalue weighted by molar-refractivity contribution is 5.74. The smallest absolute Gasteiger partial charge is 0.317 e. The number of hydrogen-bond acceptors (Lipinski definition) is 3. The van der Waals surface area contributed by atoms with Crippen LogP contribution in [-0.4, -0.2) is 53.5 Å². The number of likely N-dealkylation sites (N-methyl/N-ethyl adjacent to an activating group) is 1. The van der Waals surface area contributed by atoms with Gasteiger partial charge in [0.15, 0.2) is 0 Å². The summed E-state index contributed by atoms with van der Waals surface area (Å²) in [5, 5.41) is 3.14. The largest absolute Gasteiger partial charge is 0.334 e. The molecule has 144 valence electrons. The van der Waals surface area contributed by atoms with E-state index in [0.717, 1.165) is 50.2 Å². The quantitative estimate of drug-likeness (QED) is 0.850. The van der Waals surface area contributed by atoms with E-state index in [1.165, 1.54) is 12.1 Å². The number of piperidine rings is 1. The molecular formula is C21H27FN4O. The molecule has 2 heterocycles. The molecule has 1 aromatic carbocycles. The molecule has 1 N–H and O–H groups in total. The van der Waals surface area contributed by atoms with E-state index in [1.807, 2.05) is 37.4 Å². The number of likely N-dealkylation sites (tertiary alicyclic amines) is 1. The molecule has 27 heavy (non-hydrogen) atoms.